The minimum atomic E-state index is -5.33. The highest BCUT2D eigenvalue weighted by molar-refractivity contribution is 6.01. The Bertz CT molecular complexity index is 1460. The van der Waals surface area contributed by atoms with E-state index in [1.165, 1.54) is 18.2 Å². The zero-order valence-electron chi connectivity index (χ0n) is 23.7. The summed E-state index contributed by atoms with van der Waals surface area (Å²) in [4.78, 5) is 52.1. The summed E-state index contributed by atoms with van der Waals surface area (Å²) in [5.41, 5.74) is -1.43. The maximum absolute atomic E-state index is 13.5. The SMILES string of the molecule is O=C(Nc1ccccc1N(C[C@@](Cc1ccccc1)(NC(=O)C(F)(F)F)C(=O)O)C1CCCCC1)OC(=O)c1ccccc1. The molecule has 0 saturated heterocycles. The van der Waals surface area contributed by atoms with Crippen LogP contribution in [0.4, 0.5) is 29.3 Å². The Hall–Kier alpha value is -4.87. The highest BCUT2D eigenvalue weighted by Crippen LogP contribution is 2.35. The van der Waals surface area contributed by atoms with Gasteiger partial charge in [-0.2, -0.15) is 13.2 Å². The summed E-state index contributed by atoms with van der Waals surface area (Å²) in [6, 6.07) is 21.9. The van der Waals surface area contributed by atoms with Crippen LogP contribution in [0.1, 0.15) is 48.0 Å². The summed E-state index contributed by atoms with van der Waals surface area (Å²) >= 11 is 0. The predicted octanol–water partition coefficient (Wildman–Crippen LogP) is 5.96. The first-order valence-electron chi connectivity index (χ1n) is 14.1. The summed E-state index contributed by atoms with van der Waals surface area (Å²) in [5, 5.41) is 14.8. The van der Waals surface area contributed by atoms with Gasteiger partial charge >= 0.3 is 30.1 Å². The number of carbonyl (C=O) groups excluding carboxylic acids is 3. The number of amides is 2. The fraction of sp³-hybridized carbons (Fsp3) is 0.312. The molecule has 1 fully saturated rings. The molecule has 0 heterocycles. The van der Waals surface area contributed by atoms with Crippen LogP contribution in [0.5, 0.6) is 0 Å². The molecule has 1 aliphatic carbocycles. The van der Waals surface area contributed by atoms with Crippen molar-refractivity contribution in [3.8, 4) is 0 Å². The van der Waals surface area contributed by atoms with Crippen molar-refractivity contribution < 1.29 is 42.2 Å². The molecule has 44 heavy (non-hydrogen) atoms. The van der Waals surface area contributed by atoms with Crippen LogP contribution in [-0.4, -0.2) is 53.3 Å². The molecular weight excluding hydrogens is 579 g/mol. The number of carboxylic acids is 1. The number of benzene rings is 3. The van der Waals surface area contributed by atoms with Gasteiger partial charge in [0.05, 0.1) is 23.5 Å². The summed E-state index contributed by atoms with van der Waals surface area (Å²) < 4.78 is 45.5. The van der Waals surface area contributed by atoms with Crippen LogP contribution in [0, 0.1) is 0 Å². The Labute approximate surface area is 252 Å². The molecule has 0 aliphatic heterocycles. The number of para-hydroxylation sites is 2. The molecular formula is C32H32F3N3O6. The molecule has 1 aliphatic rings. The van der Waals surface area contributed by atoms with Crippen molar-refractivity contribution in [3.05, 3.63) is 96.1 Å². The number of esters is 1. The predicted molar refractivity (Wildman–Crippen MR) is 156 cm³/mol. The lowest BCUT2D eigenvalue weighted by atomic mass is 9.87. The number of nitrogens with one attached hydrogen (secondary N) is 2. The molecule has 0 unspecified atom stereocenters. The van der Waals surface area contributed by atoms with Crippen molar-refractivity contribution in [2.45, 2.75) is 56.3 Å². The molecule has 0 radical (unpaired) electrons. The van der Waals surface area contributed by atoms with E-state index in [2.05, 4.69) is 5.32 Å². The third-order valence-corrected chi connectivity index (χ3v) is 7.47. The molecule has 4 rings (SSSR count). The first-order valence-corrected chi connectivity index (χ1v) is 14.1. The van der Waals surface area contributed by atoms with E-state index in [1.807, 2.05) is 0 Å². The fourth-order valence-electron chi connectivity index (χ4n) is 5.35. The molecule has 0 spiro atoms. The van der Waals surface area contributed by atoms with E-state index >= 15 is 0 Å². The van der Waals surface area contributed by atoms with Crippen molar-refractivity contribution in [2.75, 3.05) is 16.8 Å². The minimum Gasteiger partial charge on any atom is -0.479 e. The number of hydrogen-bond donors (Lipinski definition) is 3. The molecule has 3 aromatic rings. The lowest BCUT2D eigenvalue weighted by Gasteiger charge is -2.43. The summed E-state index contributed by atoms with van der Waals surface area (Å²) in [5.74, 6) is -4.93. The molecule has 1 atom stereocenters. The monoisotopic (exact) mass is 611 g/mol. The van der Waals surface area contributed by atoms with E-state index in [-0.39, 0.29) is 17.3 Å². The molecule has 0 aromatic heterocycles. The largest absolute Gasteiger partial charge is 0.479 e. The number of carboxylic acid groups (broad SMARTS) is 1. The van der Waals surface area contributed by atoms with Crippen LogP contribution in [0.3, 0.4) is 0 Å². The van der Waals surface area contributed by atoms with Crippen LogP contribution in [0.25, 0.3) is 0 Å². The smallest absolute Gasteiger partial charge is 0.471 e. The number of alkyl halides is 3. The van der Waals surface area contributed by atoms with Crippen molar-refractivity contribution in [1.82, 2.24) is 5.32 Å². The number of hydrogen-bond acceptors (Lipinski definition) is 6. The molecule has 0 bridgehead atoms. The van der Waals surface area contributed by atoms with E-state index in [0.29, 0.717) is 24.1 Å². The molecule has 3 aromatic carbocycles. The van der Waals surface area contributed by atoms with Crippen LogP contribution < -0.4 is 15.5 Å². The Morgan fingerprint density at radius 1 is 0.841 bits per heavy atom. The van der Waals surface area contributed by atoms with Gasteiger partial charge in [0.25, 0.3) is 0 Å². The number of anilines is 2. The van der Waals surface area contributed by atoms with Gasteiger partial charge in [0, 0.05) is 12.5 Å². The van der Waals surface area contributed by atoms with E-state index in [4.69, 9.17) is 4.74 Å². The average molecular weight is 612 g/mol. The number of rotatable bonds is 10. The number of ether oxygens (including phenoxy) is 1. The van der Waals surface area contributed by atoms with Crippen molar-refractivity contribution in [3.63, 3.8) is 0 Å². The lowest BCUT2D eigenvalue weighted by molar-refractivity contribution is -0.177. The number of carbonyl (C=O) groups is 4. The summed E-state index contributed by atoms with van der Waals surface area (Å²) in [7, 11) is 0. The average Bonchev–Trinajstić information content (AvgIpc) is 3.01. The molecule has 9 nitrogen and oxygen atoms in total. The third-order valence-electron chi connectivity index (χ3n) is 7.47. The second-order valence-electron chi connectivity index (χ2n) is 10.6. The van der Waals surface area contributed by atoms with Crippen LogP contribution in [0.2, 0.25) is 0 Å². The molecule has 232 valence electrons. The van der Waals surface area contributed by atoms with Crippen LogP contribution in [0.15, 0.2) is 84.9 Å². The van der Waals surface area contributed by atoms with Gasteiger partial charge < -0.3 is 20.1 Å². The van der Waals surface area contributed by atoms with Crippen LogP contribution >= 0.6 is 0 Å². The first-order chi connectivity index (χ1) is 21.0. The van der Waals surface area contributed by atoms with Gasteiger partial charge in [0.15, 0.2) is 5.54 Å². The summed E-state index contributed by atoms with van der Waals surface area (Å²) in [6.45, 7) is -0.555. The highest BCUT2D eigenvalue weighted by Gasteiger charge is 2.49. The van der Waals surface area contributed by atoms with Gasteiger partial charge in [-0.1, -0.05) is 79.9 Å². The lowest BCUT2D eigenvalue weighted by Crippen LogP contribution is -2.65. The molecule has 1 saturated carbocycles. The second-order valence-corrected chi connectivity index (χ2v) is 10.6. The molecule has 2 amide bonds. The van der Waals surface area contributed by atoms with Crippen molar-refractivity contribution in [2.24, 2.45) is 0 Å². The van der Waals surface area contributed by atoms with E-state index < -0.39 is 48.6 Å². The van der Waals surface area contributed by atoms with E-state index in [0.717, 1.165) is 19.3 Å². The Kier molecular flexibility index (Phi) is 10.2. The van der Waals surface area contributed by atoms with Crippen LogP contribution in [-0.2, 0) is 20.7 Å². The normalized spacial score (nSPS) is 15.0. The topological polar surface area (TPSA) is 125 Å². The zero-order valence-corrected chi connectivity index (χ0v) is 23.7. The molecule has 3 N–H and O–H groups in total. The van der Waals surface area contributed by atoms with Gasteiger partial charge in [0.2, 0.25) is 0 Å². The highest BCUT2D eigenvalue weighted by atomic mass is 19.4. The van der Waals surface area contributed by atoms with Gasteiger partial charge in [-0.15, -0.1) is 0 Å². The fourth-order valence-corrected chi connectivity index (χ4v) is 5.35. The quantitative estimate of drug-likeness (QED) is 0.191. The van der Waals surface area contributed by atoms with Gasteiger partial charge in [0.1, 0.15) is 0 Å². The minimum absolute atomic E-state index is 0.144. The van der Waals surface area contributed by atoms with Gasteiger partial charge in [-0.05, 0) is 42.7 Å². The number of halogens is 3. The standard InChI is InChI=1S/C32H32F3N3O6/c33-32(34,35)28(40)37-31(29(41)42,20-22-12-4-1-5-13-22)21-38(24-16-8-3-9-17-24)26-19-11-10-18-25(26)36-30(43)44-27(39)23-14-6-2-7-15-23/h1-2,4-7,10-15,18-19,24H,3,8-9,16-17,20-21H2,(H,36,43)(H,37,40)(H,41,42)/t31-/m1/s1. The summed E-state index contributed by atoms with van der Waals surface area (Å²) in [6.07, 6.45) is -3.18. The Morgan fingerprint density at radius 2 is 1.43 bits per heavy atom. The van der Waals surface area contributed by atoms with Crippen molar-refractivity contribution in [1.29, 1.82) is 0 Å². The maximum atomic E-state index is 13.5. The zero-order chi connectivity index (χ0) is 31.7. The Balaban J connectivity index is 1.72. The van der Waals surface area contributed by atoms with Gasteiger partial charge in [-0.3, -0.25) is 10.1 Å². The number of nitrogens with zero attached hydrogens (tertiary/aromatic N) is 1. The Morgan fingerprint density at radius 3 is 2.05 bits per heavy atom. The number of aliphatic carboxylic acids is 1. The van der Waals surface area contributed by atoms with E-state index in [1.54, 1.807) is 76.9 Å². The third kappa shape index (κ3) is 8.15. The van der Waals surface area contributed by atoms with E-state index in [9.17, 15) is 37.5 Å². The first kappa shape index (κ1) is 32.1. The maximum Gasteiger partial charge on any atom is 0.471 e. The second kappa shape index (κ2) is 14.1. The van der Waals surface area contributed by atoms with Gasteiger partial charge in [-0.25, -0.2) is 14.4 Å². The molecule has 12 heteroatoms. The van der Waals surface area contributed by atoms with Crippen molar-refractivity contribution >= 4 is 35.3 Å².